The number of nitrogen functional groups attached to an aromatic ring is 1. The Balaban J connectivity index is 2.84. The van der Waals surface area contributed by atoms with E-state index in [1.165, 1.54) is 0 Å². The molecule has 86 valence electrons. The van der Waals surface area contributed by atoms with Gasteiger partial charge in [-0.2, -0.15) is 5.26 Å². The molecule has 4 nitrogen and oxygen atoms in total. The molecule has 0 aliphatic heterocycles. The first-order valence-corrected chi connectivity index (χ1v) is 5.12. The SMILES string of the molecule is COc1cc(N(C)CC(C)C#N)ccc1N. The fourth-order valence-corrected chi connectivity index (χ4v) is 1.49. The molecule has 0 aliphatic carbocycles. The number of methoxy groups -OCH3 is 1. The number of nitriles is 1. The van der Waals surface area contributed by atoms with Crippen LogP contribution in [0.5, 0.6) is 5.75 Å². The molecule has 1 atom stereocenters. The molecule has 2 N–H and O–H groups in total. The van der Waals surface area contributed by atoms with Gasteiger partial charge in [-0.3, -0.25) is 0 Å². The van der Waals surface area contributed by atoms with E-state index in [-0.39, 0.29) is 5.92 Å². The van der Waals surface area contributed by atoms with Gasteiger partial charge in [-0.15, -0.1) is 0 Å². The fraction of sp³-hybridized carbons (Fsp3) is 0.417. The van der Waals surface area contributed by atoms with Crippen molar-refractivity contribution in [1.82, 2.24) is 0 Å². The highest BCUT2D eigenvalue weighted by molar-refractivity contribution is 5.62. The van der Waals surface area contributed by atoms with Crippen LogP contribution in [0.1, 0.15) is 6.92 Å². The third-order valence-corrected chi connectivity index (χ3v) is 2.43. The highest BCUT2D eigenvalue weighted by Gasteiger charge is 2.08. The third kappa shape index (κ3) is 2.80. The lowest BCUT2D eigenvalue weighted by Crippen LogP contribution is -2.23. The van der Waals surface area contributed by atoms with Crippen LogP contribution in [0.2, 0.25) is 0 Å². The second kappa shape index (κ2) is 5.26. The van der Waals surface area contributed by atoms with E-state index in [0.29, 0.717) is 18.0 Å². The minimum absolute atomic E-state index is 0.00597. The summed E-state index contributed by atoms with van der Waals surface area (Å²) in [7, 11) is 3.53. The minimum atomic E-state index is -0.00597. The lowest BCUT2D eigenvalue weighted by Gasteiger charge is -2.21. The van der Waals surface area contributed by atoms with E-state index < -0.39 is 0 Å². The molecule has 0 aliphatic rings. The Morgan fingerprint density at radius 1 is 1.56 bits per heavy atom. The van der Waals surface area contributed by atoms with E-state index >= 15 is 0 Å². The van der Waals surface area contributed by atoms with Crippen molar-refractivity contribution >= 4 is 11.4 Å². The van der Waals surface area contributed by atoms with Crippen molar-refractivity contribution in [1.29, 1.82) is 5.26 Å². The normalized spacial score (nSPS) is 11.6. The number of anilines is 2. The predicted molar refractivity (Wildman–Crippen MR) is 65.5 cm³/mol. The molecule has 0 spiro atoms. The Labute approximate surface area is 96.2 Å². The molecule has 0 saturated heterocycles. The Morgan fingerprint density at radius 2 is 2.25 bits per heavy atom. The molecule has 0 saturated carbocycles. The first kappa shape index (κ1) is 12.2. The average molecular weight is 219 g/mol. The summed E-state index contributed by atoms with van der Waals surface area (Å²) in [6.07, 6.45) is 0. The molecule has 0 bridgehead atoms. The van der Waals surface area contributed by atoms with Gasteiger partial charge in [0.05, 0.1) is 24.8 Å². The minimum Gasteiger partial charge on any atom is -0.495 e. The summed E-state index contributed by atoms with van der Waals surface area (Å²) in [6, 6.07) is 7.81. The van der Waals surface area contributed by atoms with Crippen molar-refractivity contribution in [2.45, 2.75) is 6.92 Å². The molecule has 0 amide bonds. The van der Waals surface area contributed by atoms with Crippen molar-refractivity contribution in [3.05, 3.63) is 18.2 Å². The Morgan fingerprint density at radius 3 is 2.81 bits per heavy atom. The number of nitrogens with two attached hydrogens (primary N) is 1. The van der Waals surface area contributed by atoms with Gasteiger partial charge in [0.25, 0.3) is 0 Å². The predicted octanol–water partition coefficient (Wildman–Crippen LogP) is 1.87. The monoisotopic (exact) mass is 219 g/mol. The van der Waals surface area contributed by atoms with E-state index in [2.05, 4.69) is 6.07 Å². The van der Waals surface area contributed by atoms with Crippen LogP contribution < -0.4 is 15.4 Å². The standard InChI is InChI=1S/C12H17N3O/c1-9(7-13)8-15(2)10-4-5-11(14)12(6-10)16-3/h4-6,9H,8,14H2,1-3H3. The Kier molecular flexibility index (Phi) is 4.01. The molecule has 0 aromatic heterocycles. The van der Waals surface area contributed by atoms with Crippen LogP contribution in [-0.2, 0) is 0 Å². The summed E-state index contributed by atoms with van der Waals surface area (Å²) in [4.78, 5) is 2.01. The van der Waals surface area contributed by atoms with Gasteiger partial charge in [-0.1, -0.05) is 0 Å². The third-order valence-electron chi connectivity index (χ3n) is 2.43. The molecular weight excluding hydrogens is 202 g/mol. The van der Waals surface area contributed by atoms with E-state index in [1.54, 1.807) is 7.11 Å². The van der Waals surface area contributed by atoms with Crippen LogP contribution in [0.25, 0.3) is 0 Å². The molecule has 4 heteroatoms. The quantitative estimate of drug-likeness (QED) is 0.785. The summed E-state index contributed by atoms with van der Waals surface area (Å²) in [5.74, 6) is 0.655. The van der Waals surface area contributed by atoms with Crippen LogP contribution in [0.4, 0.5) is 11.4 Å². The van der Waals surface area contributed by atoms with Gasteiger partial charge in [-0.25, -0.2) is 0 Å². The zero-order valence-electron chi connectivity index (χ0n) is 9.90. The highest BCUT2D eigenvalue weighted by atomic mass is 16.5. The number of nitrogens with zero attached hydrogens (tertiary/aromatic N) is 2. The van der Waals surface area contributed by atoms with Crippen LogP contribution in [0.3, 0.4) is 0 Å². The van der Waals surface area contributed by atoms with E-state index in [0.717, 1.165) is 5.69 Å². The second-order valence-corrected chi connectivity index (χ2v) is 3.84. The van der Waals surface area contributed by atoms with E-state index in [4.69, 9.17) is 15.7 Å². The first-order valence-electron chi connectivity index (χ1n) is 5.12. The maximum atomic E-state index is 8.75. The lowest BCUT2D eigenvalue weighted by atomic mass is 10.2. The van der Waals surface area contributed by atoms with Crippen LogP contribution >= 0.6 is 0 Å². The van der Waals surface area contributed by atoms with Crippen molar-refractivity contribution < 1.29 is 4.74 Å². The van der Waals surface area contributed by atoms with Gasteiger partial charge < -0.3 is 15.4 Å². The summed E-state index contributed by atoms with van der Waals surface area (Å²) >= 11 is 0. The summed E-state index contributed by atoms with van der Waals surface area (Å²) in [5, 5.41) is 8.75. The molecule has 0 radical (unpaired) electrons. The molecule has 1 aromatic carbocycles. The smallest absolute Gasteiger partial charge is 0.143 e. The van der Waals surface area contributed by atoms with Gasteiger partial charge >= 0.3 is 0 Å². The molecule has 16 heavy (non-hydrogen) atoms. The van der Waals surface area contributed by atoms with Crippen LogP contribution in [0, 0.1) is 17.2 Å². The maximum Gasteiger partial charge on any atom is 0.143 e. The van der Waals surface area contributed by atoms with E-state index in [9.17, 15) is 0 Å². The molecule has 0 fully saturated rings. The molecular formula is C12H17N3O. The van der Waals surface area contributed by atoms with Crippen LogP contribution in [-0.4, -0.2) is 20.7 Å². The maximum absolute atomic E-state index is 8.75. The number of rotatable bonds is 4. The number of hydrogen-bond donors (Lipinski definition) is 1. The zero-order chi connectivity index (χ0) is 12.1. The number of benzene rings is 1. The molecule has 1 aromatic rings. The van der Waals surface area contributed by atoms with Gasteiger partial charge in [0.15, 0.2) is 0 Å². The average Bonchev–Trinajstić information content (AvgIpc) is 2.29. The second-order valence-electron chi connectivity index (χ2n) is 3.84. The summed E-state index contributed by atoms with van der Waals surface area (Å²) in [6.45, 7) is 2.58. The van der Waals surface area contributed by atoms with Gasteiger partial charge in [0, 0.05) is 25.3 Å². The Hall–Kier alpha value is -1.89. The molecule has 1 unspecified atom stereocenters. The summed E-state index contributed by atoms with van der Waals surface area (Å²) < 4.78 is 5.15. The topological polar surface area (TPSA) is 62.3 Å². The van der Waals surface area contributed by atoms with E-state index in [1.807, 2.05) is 37.1 Å². The van der Waals surface area contributed by atoms with Crippen molar-refractivity contribution in [2.75, 3.05) is 31.3 Å². The van der Waals surface area contributed by atoms with Crippen molar-refractivity contribution in [2.24, 2.45) is 5.92 Å². The van der Waals surface area contributed by atoms with Gasteiger partial charge in [-0.05, 0) is 19.1 Å². The first-order chi connectivity index (χ1) is 7.58. The highest BCUT2D eigenvalue weighted by Crippen LogP contribution is 2.27. The Bertz CT molecular complexity index is 398. The summed E-state index contributed by atoms with van der Waals surface area (Å²) in [5.41, 5.74) is 7.34. The molecule has 0 heterocycles. The zero-order valence-corrected chi connectivity index (χ0v) is 9.90. The fourth-order valence-electron chi connectivity index (χ4n) is 1.49. The molecule has 1 rings (SSSR count). The van der Waals surface area contributed by atoms with Gasteiger partial charge in [0.1, 0.15) is 5.75 Å². The number of hydrogen-bond acceptors (Lipinski definition) is 4. The largest absolute Gasteiger partial charge is 0.495 e. The lowest BCUT2D eigenvalue weighted by molar-refractivity contribution is 0.417. The van der Waals surface area contributed by atoms with Crippen LogP contribution in [0.15, 0.2) is 18.2 Å². The van der Waals surface area contributed by atoms with Crippen molar-refractivity contribution in [3.63, 3.8) is 0 Å². The van der Waals surface area contributed by atoms with Crippen molar-refractivity contribution in [3.8, 4) is 11.8 Å². The van der Waals surface area contributed by atoms with Gasteiger partial charge in [0.2, 0.25) is 0 Å². The number of ether oxygens (including phenoxy) is 1.